The molecule has 0 aliphatic heterocycles. The second-order valence-electron chi connectivity index (χ2n) is 13.6. The summed E-state index contributed by atoms with van der Waals surface area (Å²) in [5, 5.41) is 22.2. The smallest absolute Gasteiger partial charge is 0.312 e. The quantitative estimate of drug-likeness (QED) is 0.440. The summed E-state index contributed by atoms with van der Waals surface area (Å²) in [6.45, 7) is 14.4. The minimum Gasteiger partial charge on any atom is -0.469 e. The molecule has 0 spiro atoms. The fourth-order valence-corrected chi connectivity index (χ4v) is 9.50. The third-order valence-corrected chi connectivity index (χ3v) is 11.4. The maximum Gasteiger partial charge on any atom is 0.312 e. The zero-order valence-corrected chi connectivity index (χ0v) is 24.4. The molecule has 0 saturated heterocycles. The van der Waals surface area contributed by atoms with E-state index >= 15 is 0 Å². The second kappa shape index (κ2) is 9.15. The van der Waals surface area contributed by atoms with Gasteiger partial charge >= 0.3 is 5.97 Å². The van der Waals surface area contributed by atoms with Crippen molar-refractivity contribution >= 4 is 17.5 Å². The maximum atomic E-state index is 14.1. The van der Waals surface area contributed by atoms with E-state index < -0.39 is 27.8 Å². The number of ketones is 2. The van der Waals surface area contributed by atoms with Crippen LogP contribution in [-0.2, 0) is 19.1 Å². The van der Waals surface area contributed by atoms with E-state index in [0.717, 1.165) is 24.8 Å². The van der Waals surface area contributed by atoms with Crippen molar-refractivity contribution in [2.75, 3.05) is 7.11 Å². The first-order valence-corrected chi connectivity index (χ1v) is 14.5. The van der Waals surface area contributed by atoms with Crippen LogP contribution in [0, 0.1) is 56.7 Å². The number of hydrogen-bond acceptors (Lipinski definition) is 6. The molecule has 0 bridgehead atoms. The van der Waals surface area contributed by atoms with Gasteiger partial charge in [-0.3, -0.25) is 14.4 Å². The number of aliphatic hydroxyl groups is 1. The third-order valence-electron chi connectivity index (χ3n) is 11.4. The Balaban J connectivity index is 0.00000164. The Morgan fingerprint density at radius 1 is 1.05 bits per heavy atom. The van der Waals surface area contributed by atoms with E-state index in [2.05, 4.69) is 33.8 Å². The van der Waals surface area contributed by atoms with Crippen LogP contribution in [0.1, 0.15) is 93.4 Å². The largest absolute Gasteiger partial charge is 0.469 e. The summed E-state index contributed by atoms with van der Waals surface area (Å²) in [5.41, 5.74) is -2.57. The van der Waals surface area contributed by atoms with Gasteiger partial charge in [-0.2, -0.15) is 5.26 Å². The molecule has 6 nitrogen and oxygen atoms in total. The number of carbonyl (C=O) groups is 3. The average Bonchev–Trinajstić information content (AvgIpc) is 2.88. The first-order valence-electron chi connectivity index (χ1n) is 14.5. The van der Waals surface area contributed by atoms with Crippen LogP contribution < -0.4 is 0 Å². The Morgan fingerprint density at radius 2 is 1.71 bits per heavy atom. The van der Waals surface area contributed by atoms with Crippen molar-refractivity contribution in [2.24, 2.45) is 45.3 Å². The zero-order valence-electron chi connectivity index (χ0n) is 24.4. The Bertz CT molecular complexity index is 1160. The van der Waals surface area contributed by atoms with Gasteiger partial charge in [-0.15, -0.1) is 0 Å². The normalized spacial score (nSPS) is 44.8. The molecule has 38 heavy (non-hydrogen) atoms. The Morgan fingerprint density at radius 3 is 2.32 bits per heavy atom. The summed E-state index contributed by atoms with van der Waals surface area (Å²) in [4.78, 5) is 40.2. The van der Waals surface area contributed by atoms with Gasteiger partial charge < -0.3 is 9.84 Å². The highest BCUT2D eigenvalue weighted by atomic mass is 16.5. The van der Waals surface area contributed by atoms with Gasteiger partial charge in [0.15, 0.2) is 11.6 Å². The van der Waals surface area contributed by atoms with Crippen molar-refractivity contribution in [2.45, 2.75) is 99.0 Å². The summed E-state index contributed by atoms with van der Waals surface area (Å²) in [6, 6.07) is 2.09. The Labute approximate surface area is 227 Å². The minimum atomic E-state index is -1.65. The Kier molecular flexibility index (Phi) is 6.92. The van der Waals surface area contributed by atoms with E-state index in [-0.39, 0.29) is 46.3 Å². The molecule has 5 aliphatic rings. The monoisotopic (exact) mass is 523 g/mol. The van der Waals surface area contributed by atoms with Gasteiger partial charge in [0.05, 0.1) is 18.1 Å². The summed E-state index contributed by atoms with van der Waals surface area (Å²) in [5.74, 6) is -1.88. The third kappa shape index (κ3) is 3.56. The van der Waals surface area contributed by atoms with E-state index in [1.54, 1.807) is 12.2 Å². The lowest BCUT2D eigenvalue weighted by Gasteiger charge is -2.66. The van der Waals surface area contributed by atoms with Crippen LogP contribution in [0.15, 0.2) is 23.3 Å². The predicted octanol–water partition coefficient (Wildman–Crippen LogP) is 5.74. The molecule has 5 aliphatic carbocycles. The number of fused-ring (bicyclic) bond motifs is 7. The molecule has 0 aromatic heterocycles. The molecule has 6 heteroatoms. The molecule has 0 aromatic carbocycles. The molecule has 5 rings (SSSR count). The molecule has 208 valence electrons. The van der Waals surface area contributed by atoms with Crippen LogP contribution in [0.25, 0.3) is 0 Å². The SMILES string of the molecule is CC.COC(=O)[C@@]12CCC3C4(C)CCC5C(C)C(=O)C(C#N)=CC5(C)C4=CC(=O)C3(O)C1CC(C)(C)CC2. The van der Waals surface area contributed by atoms with Gasteiger partial charge in [0.1, 0.15) is 11.7 Å². The Hall–Kier alpha value is -2.26. The maximum absolute atomic E-state index is 14.1. The molecule has 0 aromatic rings. The van der Waals surface area contributed by atoms with Crippen LogP contribution >= 0.6 is 0 Å². The molecular weight excluding hydrogens is 478 g/mol. The molecule has 8 atom stereocenters. The van der Waals surface area contributed by atoms with Crippen molar-refractivity contribution in [3.8, 4) is 6.07 Å². The molecule has 3 fully saturated rings. The number of hydrogen-bond donors (Lipinski definition) is 1. The topological polar surface area (TPSA) is 104 Å². The molecule has 0 heterocycles. The van der Waals surface area contributed by atoms with E-state index in [0.29, 0.717) is 25.7 Å². The number of ether oxygens (including phenoxy) is 1. The number of methoxy groups -OCH3 is 1. The van der Waals surface area contributed by atoms with E-state index in [1.807, 2.05) is 20.8 Å². The van der Waals surface area contributed by atoms with Gasteiger partial charge in [0, 0.05) is 23.2 Å². The van der Waals surface area contributed by atoms with Crippen LogP contribution in [-0.4, -0.2) is 35.4 Å². The molecule has 0 radical (unpaired) electrons. The van der Waals surface area contributed by atoms with Crippen molar-refractivity contribution in [3.63, 3.8) is 0 Å². The molecule has 0 amide bonds. The van der Waals surface area contributed by atoms with Crippen LogP contribution in [0.2, 0.25) is 0 Å². The molecular formula is C32H45NO5. The summed E-state index contributed by atoms with van der Waals surface area (Å²) in [7, 11) is 1.40. The van der Waals surface area contributed by atoms with E-state index in [4.69, 9.17) is 4.74 Å². The fraction of sp³-hybridized carbons (Fsp3) is 0.750. The minimum absolute atomic E-state index is 0.00628. The van der Waals surface area contributed by atoms with Crippen molar-refractivity contribution in [3.05, 3.63) is 23.3 Å². The highest BCUT2D eigenvalue weighted by molar-refractivity contribution is 6.03. The highest BCUT2D eigenvalue weighted by Gasteiger charge is 2.72. The van der Waals surface area contributed by atoms with Gasteiger partial charge in [-0.05, 0) is 67.8 Å². The number of carbonyl (C=O) groups excluding carboxylic acids is 3. The standard InChI is InChI=1S/C30H39NO5.C2H6/c1-17-19-7-9-27(4)20-8-10-29(25(34)36-6)12-11-26(2,3)15-22(29)30(20,35)23(32)13-21(27)28(19,5)14-18(16-31)24(17)33;1-2/h13-14,17,19-20,22,35H,7-12,15H2,1-6H3;1-2H3/t17?,19?,20?,22?,27?,28?,29-,30?;/m1./s1. The summed E-state index contributed by atoms with van der Waals surface area (Å²) in [6.07, 6.45) is 8.19. The molecule has 7 unspecified atom stereocenters. The van der Waals surface area contributed by atoms with Crippen molar-refractivity contribution in [1.82, 2.24) is 0 Å². The predicted molar refractivity (Wildman–Crippen MR) is 144 cm³/mol. The number of Topliss-reactive ketones (excluding diaryl/α,β-unsaturated/α-hetero) is 1. The van der Waals surface area contributed by atoms with Gasteiger partial charge in [-0.25, -0.2) is 0 Å². The lowest BCUT2D eigenvalue weighted by molar-refractivity contribution is -0.218. The van der Waals surface area contributed by atoms with E-state index in [9.17, 15) is 24.8 Å². The lowest BCUT2D eigenvalue weighted by Crippen LogP contribution is -2.70. The zero-order chi connectivity index (χ0) is 28.5. The molecule has 1 N–H and O–H groups in total. The fourth-order valence-electron chi connectivity index (χ4n) is 9.50. The number of rotatable bonds is 1. The number of allylic oxidation sites excluding steroid dienone is 3. The first-order chi connectivity index (χ1) is 17.7. The van der Waals surface area contributed by atoms with Crippen LogP contribution in [0.4, 0.5) is 0 Å². The second-order valence-corrected chi connectivity index (χ2v) is 13.6. The van der Waals surface area contributed by atoms with Crippen LogP contribution in [0.5, 0.6) is 0 Å². The van der Waals surface area contributed by atoms with Gasteiger partial charge in [0.25, 0.3) is 0 Å². The summed E-state index contributed by atoms with van der Waals surface area (Å²) < 4.78 is 5.30. The first kappa shape index (κ1) is 28.7. The highest BCUT2D eigenvalue weighted by Crippen LogP contribution is 2.70. The van der Waals surface area contributed by atoms with Crippen molar-refractivity contribution < 1.29 is 24.2 Å². The average molecular weight is 524 g/mol. The van der Waals surface area contributed by atoms with Gasteiger partial charge in [0.2, 0.25) is 0 Å². The van der Waals surface area contributed by atoms with E-state index in [1.165, 1.54) is 7.11 Å². The number of esters is 1. The number of nitrogens with zero attached hydrogens (tertiary/aromatic N) is 1. The van der Waals surface area contributed by atoms with Crippen LogP contribution in [0.3, 0.4) is 0 Å². The lowest BCUT2D eigenvalue weighted by atomic mass is 9.38. The number of nitriles is 1. The van der Waals surface area contributed by atoms with Crippen molar-refractivity contribution in [1.29, 1.82) is 5.26 Å². The summed E-state index contributed by atoms with van der Waals surface area (Å²) >= 11 is 0. The molecule has 3 saturated carbocycles. The van der Waals surface area contributed by atoms with Gasteiger partial charge in [-0.1, -0.05) is 60.1 Å².